The fourth-order valence-corrected chi connectivity index (χ4v) is 2.82. The maximum absolute atomic E-state index is 12.2. The summed E-state index contributed by atoms with van der Waals surface area (Å²) in [5.74, 6) is 0.697. The molecule has 0 saturated carbocycles. The Hall–Kier alpha value is -1.88. The van der Waals surface area contributed by atoms with Crippen molar-refractivity contribution in [3.05, 3.63) is 46.3 Å². The quantitative estimate of drug-likeness (QED) is 0.861. The molecule has 2 N–H and O–H groups in total. The molecule has 0 aliphatic rings. The predicted molar refractivity (Wildman–Crippen MR) is 88.1 cm³/mol. The normalized spacial score (nSPS) is 11.2. The number of nitrogens with one attached hydrogen (secondary N) is 2. The summed E-state index contributed by atoms with van der Waals surface area (Å²) in [4.78, 5) is 17.6. The fourth-order valence-electron chi connectivity index (χ4n) is 1.97. The molecule has 2 aromatic heterocycles. The van der Waals surface area contributed by atoms with Crippen molar-refractivity contribution in [1.82, 2.24) is 10.3 Å². The van der Waals surface area contributed by atoms with Crippen LogP contribution in [-0.4, -0.2) is 24.0 Å². The molecule has 2 aromatic rings. The summed E-state index contributed by atoms with van der Waals surface area (Å²) in [5, 5.41) is 8.15. The van der Waals surface area contributed by atoms with Crippen molar-refractivity contribution < 1.29 is 4.79 Å². The van der Waals surface area contributed by atoms with Crippen molar-refractivity contribution >= 4 is 23.1 Å². The third kappa shape index (κ3) is 4.04. The number of carbonyl (C=O) groups excluding carboxylic acids is 1. The van der Waals surface area contributed by atoms with Gasteiger partial charge in [0.1, 0.15) is 5.82 Å². The van der Waals surface area contributed by atoms with Gasteiger partial charge in [0, 0.05) is 29.6 Å². The van der Waals surface area contributed by atoms with Crippen LogP contribution in [0.25, 0.3) is 0 Å². The maximum atomic E-state index is 12.2. The molecule has 0 saturated heterocycles. The molecule has 0 aliphatic carbocycles. The van der Waals surface area contributed by atoms with Crippen molar-refractivity contribution in [3.63, 3.8) is 0 Å². The van der Waals surface area contributed by atoms with Crippen molar-refractivity contribution in [2.24, 2.45) is 0 Å². The minimum Gasteiger partial charge on any atom is -0.370 e. The molecule has 112 valence electrons. The summed E-state index contributed by atoms with van der Waals surface area (Å²) in [7, 11) is 0. The molecule has 0 bridgehead atoms. The summed E-state index contributed by atoms with van der Waals surface area (Å²) < 4.78 is 0. The third-order valence-electron chi connectivity index (χ3n) is 3.26. The summed E-state index contributed by atoms with van der Waals surface area (Å²) in [6.07, 6.45) is 1.60. The Kier molecular flexibility index (Phi) is 4.96. The zero-order chi connectivity index (χ0) is 15.3. The van der Waals surface area contributed by atoms with Gasteiger partial charge in [-0.3, -0.25) is 4.79 Å². The molecule has 0 unspecified atom stereocenters. The van der Waals surface area contributed by atoms with E-state index in [0.717, 1.165) is 12.4 Å². The van der Waals surface area contributed by atoms with Crippen LogP contribution in [0.2, 0.25) is 0 Å². The van der Waals surface area contributed by atoms with Crippen LogP contribution in [0.3, 0.4) is 0 Å². The lowest BCUT2D eigenvalue weighted by Crippen LogP contribution is -2.36. The Morgan fingerprint density at radius 2 is 2.14 bits per heavy atom. The van der Waals surface area contributed by atoms with E-state index in [1.165, 1.54) is 4.88 Å². The Morgan fingerprint density at radius 1 is 1.33 bits per heavy atom. The second-order valence-electron chi connectivity index (χ2n) is 5.51. The van der Waals surface area contributed by atoms with Gasteiger partial charge in [0.05, 0.1) is 5.56 Å². The average Bonchev–Trinajstić information content (AvgIpc) is 3.01. The predicted octanol–water partition coefficient (Wildman–Crippen LogP) is 3.28. The monoisotopic (exact) mass is 303 g/mol. The number of pyridine rings is 1. The van der Waals surface area contributed by atoms with Crippen molar-refractivity contribution in [1.29, 1.82) is 0 Å². The zero-order valence-corrected chi connectivity index (χ0v) is 13.5. The molecular weight excluding hydrogens is 282 g/mol. The minimum atomic E-state index is -0.0878. The zero-order valence-electron chi connectivity index (χ0n) is 12.6. The highest BCUT2D eigenvalue weighted by Gasteiger charge is 2.22. The van der Waals surface area contributed by atoms with E-state index in [-0.39, 0.29) is 11.3 Å². The summed E-state index contributed by atoms with van der Waals surface area (Å²) in [6.45, 7) is 7.68. The summed E-state index contributed by atoms with van der Waals surface area (Å²) in [5.41, 5.74) is 0.514. The molecule has 21 heavy (non-hydrogen) atoms. The largest absolute Gasteiger partial charge is 0.370 e. The van der Waals surface area contributed by atoms with E-state index in [1.807, 2.05) is 19.1 Å². The number of anilines is 1. The molecule has 1 amide bonds. The first-order chi connectivity index (χ1) is 10.0. The van der Waals surface area contributed by atoms with Crippen LogP contribution in [0.1, 0.15) is 36.0 Å². The highest BCUT2D eigenvalue weighted by Crippen LogP contribution is 2.26. The molecule has 0 atom stereocenters. The Balaban J connectivity index is 1.95. The van der Waals surface area contributed by atoms with Gasteiger partial charge in [0.2, 0.25) is 0 Å². The first kappa shape index (κ1) is 15.5. The van der Waals surface area contributed by atoms with Gasteiger partial charge in [-0.15, -0.1) is 11.3 Å². The fraction of sp³-hybridized carbons (Fsp3) is 0.375. The number of rotatable bonds is 6. The number of thiophene rings is 1. The van der Waals surface area contributed by atoms with E-state index in [9.17, 15) is 4.79 Å². The van der Waals surface area contributed by atoms with Crippen molar-refractivity contribution in [2.75, 3.05) is 18.4 Å². The van der Waals surface area contributed by atoms with E-state index < -0.39 is 0 Å². The van der Waals surface area contributed by atoms with E-state index in [2.05, 4.69) is 40.9 Å². The molecule has 2 heterocycles. The number of hydrogen-bond donors (Lipinski definition) is 2. The number of nitrogens with zero attached hydrogens (tertiary/aromatic N) is 1. The number of aromatic nitrogens is 1. The van der Waals surface area contributed by atoms with Crippen LogP contribution in [-0.2, 0) is 5.41 Å². The second kappa shape index (κ2) is 6.72. The van der Waals surface area contributed by atoms with Gasteiger partial charge in [-0.25, -0.2) is 4.98 Å². The smallest absolute Gasteiger partial charge is 0.252 e. The van der Waals surface area contributed by atoms with Gasteiger partial charge >= 0.3 is 0 Å². The van der Waals surface area contributed by atoms with Gasteiger partial charge in [-0.1, -0.05) is 19.9 Å². The molecule has 0 spiro atoms. The van der Waals surface area contributed by atoms with Crippen LogP contribution in [0.15, 0.2) is 35.8 Å². The average molecular weight is 303 g/mol. The summed E-state index contributed by atoms with van der Waals surface area (Å²) >= 11 is 1.71. The van der Waals surface area contributed by atoms with Crippen LogP contribution in [0.4, 0.5) is 5.82 Å². The molecule has 0 aliphatic heterocycles. The molecule has 0 radical (unpaired) electrons. The van der Waals surface area contributed by atoms with E-state index in [4.69, 9.17) is 0 Å². The van der Waals surface area contributed by atoms with Crippen molar-refractivity contribution in [2.45, 2.75) is 26.2 Å². The van der Waals surface area contributed by atoms with Gasteiger partial charge in [-0.05, 0) is 30.5 Å². The van der Waals surface area contributed by atoms with E-state index in [1.54, 1.807) is 23.6 Å². The first-order valence-electron chi connectivity index (χ1n) is 7.05. The third-order valence-corrected chi connectivity index (χ3v) is 4.50. The van der Waals surface area contributed by atoms with Gasteiger partial charge < -0.3 is 10.6 Å². The highest BCUT2D eigenvalue weighted by molar-refractivity contribution is 7.10. The van der Waals surface area contributed by atoms with Crippen molar-refractivity contribution in [3.8, 4) is 0 Å². The lowest BCUT2D eigenvalue weighted by atomic mass is 9.91. The molecule has 5 heteroatoms. The minimum absolute atomic E-state index is 0.0685. The summed E-state index contributed by atoms with van der Waals surface area (Å²) in [6, 6.07) is 7.75. The standard InChI is InChI=1S/C16H21N3OS/c1-4-17-14-8-7-12(10-18-14)15(20)19-11-16(2,3)13-6-5-9-21-13/h5-10H,4,11H2,1-3H3,(H,17,18)(H,19,20). The Labute approximate surface area is 129 Å². The second-order valence-corrected chi connectivity index (χ2v) is 6.45. The van der Waals surface area contributed by atoms with Crippen LogP contribution in [0, 0.1) is 0 Å². The maximum Gasteiger partial charge on any atom is 0.252 e. The lowest BCUT2D eigenvalue weighted by Gasteiger charge is -2.23. The first-order valence-corrected chi connectivity index (χ1v) is 7.93. The molecule has 0 fully saturated rings. The van der Waals surface area contributed by atoms with Crippen LogP contribution >= 0.6 is 11.3 Å². The Morgan fingerprint density at radius 3 is 2.71 bits per heavy atom. The molecule has 4 nitrogen and oxygen atoms in total. The van der Waals surface area contributed by atoms with E-state index in [0.29, 0.717) is 12.1 Å². The van der Waals surface area contributed by atoms with Gasteiger partial charge in [-0.2, -0.15) is 0 Å². The topological polar surface area (TPSA) is 54.0 Å². The van der Waals surface area contributed by atoms with Crippen LogP contribution < -0.4 is 10.6 Å². The number of amides is 1. The van der Waals surface area contributed by atoms with E-state index >= 15 is 0 Å². The molecule has 2 rings (SSSR count). The number of hydrogen-bond acceptors (Lipinski definition) is 4. The van der Waals surface area contributed by atoms with Crippen LogP contribution in [0.5, 0.6) is 0 Å². The highest BCUT2D eigenvalue weighted by atomic mass is 32.1. The van der Waals surface area contributed by atoms with Gasteiger partial charge in [0.25, 0.3) is 5.91 Å². The lowest BCUT2D eigenvalue weighted by molar-refractivity contribution is 0.0945. The van der Waals surface area contributed by atoms with Gasteiger partial charge in [0.15, 0.2) is 0 Å². The SMILES string of the molecule is CCNc1ccc(C(=O)NCC(C)(C)c2cccs2)cn1. The molecular formula is C16H21N3OS. The Bertz CT molecular complexity index is 576. The number of carbonyl (C=O) groups is 1. The molecule has 0 aromatic carbocycles.